The lowest BCUT2D eigenvalue weighted by atomic mass is 10.1. The molecule has 0 spiro atoms. The molecule has 1 aromatic carbocycles. The largest absolute Gasteiger partial charge is 0.507 e. The summed E-state index contributed by atoms with van der Waals surface area (Å²) in [6.45, 7) is 2.67. The van der Waals surface area contributed by atoms with Crippen LogP contribution in [0, 0.1) is 0 Å². The smallest absolute Gasteiger partial charge is 0.209 e. The zero-order valence-corrected chi connectivity index (χ0v) is 15.4. The molecule has 1 aliphatic heterocycles. The van der Waals surface area contributed by atoms with Crippen molar-refractivity contribution in [2.75, 3.05) is 31.1 Å². The topological polar surface area (TPSA) is 69.6 Å². The number of rotatable bonds is 3. The van der Waals surface area contributed by atoms with E-state index >= 15 is 0 Å². The third kappa shape index (κ3) is 3.40. The van der Waals surface area contributed by atoms with Gasteiger partial charge in [0.05, 0.1) is 15.9 Å². The van der Waals surface area contributed by atoms with E-state index in [9.17, 15) is 9.90 Å². The second kappa shape index (κ2) is 7.40. The maximum atomic E-state index is 11.0. The fourth-order valence-corrected chi connectivity index (χ4v) is 3.59. The van der Waals surface area contributed by atoms with Crippen molar-refractivity contribution in [1.82, 2.24) is 14.9 Å². The number of carbonyl (C=O) groups excluding carboxylic acids is 1. The second-order valence-electron chi connectivity index (χ2n) is 6.47. The van der Waals surface area contributed by atoms with Crippen LogP contribution in [-0.2, 0) is 4.79 Å². The fourth-order valence-electron chi connectivity index (χ4n) is 3.34. The average molecular weight is 383 g/mol. The molecular formula is C20H19ClN4O2. The van der Waals surface area contributed by atoms with Gasteiger partial charge >= 0.3 is 0 Å². The Morgan fingerprint density at radius 1 is 1.15 bits per heavy atom. The number of phenols is 1. The number of fused-ring (bicyclic) bond motifs is 1. The van der Waals surface area contributed by atoms with Gasteiger partial charge in [0.2, 0.25) is 6.41 Å². The van der Waals surface area contributed by atoms with E-state index in [0.717, 1.165) is 29.2 Å². The summed E-state index contributed by atoms with van der Waals surface area (Å²) in [5.74, 6) is 1.24. The highest BCUT2D eigenvalue weighted by atomic mass is 35.5. The predicted molar refractivity (Wildman–Crippen MR) is 106 cm³/mol. The third-order valence-electron chi connectivity index (χ3n) is 4.78. The van der Waals surface area contributed by atoms with Crippen LogP contribution in [0.3, 0.4) is 0 Å². The highest BCUT2D eigenvalue weighted by Gasteiger charge is 2.21. The van der Waals surface area contributed by atoms with Crippen molar-refractivity contribution >= 4 is 36.0 Å². The van der Waals surface area contributed by atoms with Gasteiger partial charge in [-0.25, -0.2) is 9.97 Å². The van der Waals surface area contributed by atoms with E-state index < -0.39 is 0 Å². The lowest BCUT2D eigenvalue weighted by Crippen LogP contribution is -2.49. The molecule has 0 bridgehead atoms. The number of anilines is 1. The Morgan fingerprint density at radius 3 is 2.70 bits per heavy atom. The first-order chi connectivity index (χ1) is 13.2. The predicted octanol–water partition coefficient (Wildman–Crippen LogP) is 1.30. The summed E-state index contributed by atoms with van der Waals surface area (Å²) in [7, 11) is 0. The number of hydrogen-bond donors (Lipinski definition) is 1. The number of phenolic OH excluding ortho intramolecular Hbond substituents is 1. The van der Waals surface area contributed by atoms with E-state index in [-0.39, 0.29) is 5.75 Å². The Bertz CT molecular complexity index is 1010. The lowest BCUT2D eigenvalue weighted by molar-refractivity contribution is -0.118. The first-order valence-corrected chi connectivity index (χ1v) is 9.22. The summed E-state index contributed by atoms with van der Waals surface area (Å²) in [6, 6.07) is 4.98. The molecule has 138 valence electrons. The Kier molecular flexibility index (Phi) is 4.81. The summed E-state index contributed by atoms with van der Waals surface area (Å²) < 4.78 is 0. The molecule has 1 fully saturated rings. The van der Waals surface area contributed by atoms with Crippen LogP contribution in [0.2, 0.25) is 5.02 Å². The Labute approximate surface area is 161 Å². The molecule has 1 saturated heterocycles. The molecule has 2 heterocycles. The Morgan fingerprint density at radius 2 is 1.96 bits per heavy atom. The molecule has 1 aliphatic carbocycles. The molecule has 0 atom stereocenters. The van der Waals surface area contributed by atoms with Crippen LogP contribution >= 0.6 is 11.6 Å². The third-order valence-corrected chi connectivity index (χ3v) is 5.09. The van der Waals surface area contributed by atoms with Crippen LogP contribution in [0.5, 0.6) is 5.75 Å². The van der Waals surface area contributed by atoms with Crippen LogP contribution < -0.4 is 15.5 Å². The minimum absolute atomic E-state index is 0.0508. The normalized spacial score (nSPS) is 16.2. The SMILES string of the molecule is O=CN1CCN(c2nc(-c3c(O)cccc3Cl)nc3c2=CC=CCC=3)CC1. The molecule has 1 N–H and O–H groups in total. The molecule has 0 saturated carbocycles. The Balaban J connectivity index is 1.89. The van der Waals surface area contributed by atoms with Crippen molar-refractivity contribution in [3.63, 3.8) is 0 Å². The van der Waals surface area contributed by atoms with Gasteiger partial charge in [-0.3, -0.25) is 4.79 Å². The van der Waals surface area contributed by atoms with Crippen molar-refractivity contribution in [1.29, 1.82) is 0 Å². The van der Waals surface area contributed by atoms with E-state index in [1.165, 1.54) is 0 Å². The van der Waals surface area contributed by atoms with Crippen LogP contribution in [0.15, 0.2) is 30.4 Å². The number of benzene rings is 1. The summed E-state index contributed by atoms with van der Waals surface area (Å²) in [5.41, 5.74) is 0.431. The fraction of sp³-hybridized carbons (Fsp3) is 0.250. The molecular weight excluding hydrogens is 364 g/mol. The van der Waals surface area contributed by atoms with Gasteiger partial charge in [0.1, 0.15) is 11.6 Å². The quantitative estimate of drug-likeness (QED) is 0.810. The van der Waals surface area contributed by atoms with Crippen molar-refractivity contribution in [2.45, 2.75) is 6.42 Å². The van der Waals surface area contributed by atoms with Crippen molar-refractivity contribution < 1.29 is 9.90 Å². The van der Waals surface area contributed by atoms with Gasteiger partial charge in [-0.15, -0.1) is 0 Å². The zero-order valence-electron chi connectivity index (χ0n) is 14.7. The minimum atomic E-state index is 0.0508. The number of halogens is 1. The molecule has 2 aromatic rings. The van der Waals surface area contributed by atoms with Gasteiger partial charge in [0.25, 0.3) is 0 Å². The number of amides is 1. The number of aromatic hydroxyl groups is 1. The van der Waals surface area contributed by atoms with E-state index in [0.29, 0.717) is 42.6 Å². The molecule has 4 rings (SSSR count). The highest BCUT2D eigenvalue weighted by molar-refractivity contribution is 6.33. The second-order valence-corrected chi connectivity index (χ2v) is 6.87. The summed E-state index contributed by atoms with van der Waals surface area (Å²) in [5, 5.41) is 12.5. The standard InChI is InChI=1S/C20H19ClN4O2/c21-15-6-4-8-17(27)18(15)19-22-16-7-3-1-2-5-14(16)20(23-19)25-11-9-24(13-26)10-12-25/h1-2,4-8,13,27H,3,9-12H2. The monoisotopic (exact) mass is 382 g/mol. The van der Waals surface area contributed by atoms with Crippen LogP contribution in [0.4, 0.5) is 5.82 Å². The van der Waals surface area contributed by atoms with E-state index in [1.807, 2.05) is 18.2 Å². The number of hydrogen-bond acceptors (Lipinski definition) is 5. The Hall–Kier alpha value is -2.86. The summed E-state index contributed by atoms with van der Waals surface area (Å²) in [6.07, 6.45) is 9.77. The lowest BCUT2D eigenvalue weighted by Gasteiger charge is -2.33. The van der Waals surface area contributed by atoms with Crippen LogP contribution in [0.1, 0.15) is 6.42 Å². The number of piperazine rings is 1. The number of aromatic nitrogens is 2. The number of carbonyl (C=O) groups is 1. The molecule has 0 unspecified atom stereocenters. The van der Waals surface area contributed by atoms with Crippen LogP contribution in [0.25, 0.3) is 23.5 Å². The highest BCUT2D eigenvalue weighted by Crippen LogP contribution is 2.33. The van der Waals surface area contributed by atoms with Gasteiger partial charge in [0, 0.05) is 31.4 Å². The summed E-state index contributed by atoms with van der Waals surface area (Å²) >= 11 is 6.33. The molecule has 2 aliphatic rings. The zero-order chi connectivity index (χ0) is 18.8. The molecule has 0 radical (unpaired) electrons. The molecule has 27 heavy (non-hydrogen) atoms. The van der Waals surface area contributed by atoms with E-state index in [4.69, 9.17) is 16.6 Å². The van der Waals surface area contributed by atoms with Gasteiger partial charge in [-0.2, -0.15) is 0 Å². The van der Waals surface area contributed by atoms with Gasteiger partial charge in [0.15, 0.2) is 5.82 Å². The first kappa shape index (κ1) is 17.5. The minimum Gasteiger partial charge on any atom is -0.507 e. The first-order valence-electron chi connectivity index (χ1n) is 8.84. The molecule has 1 aromatic heterocycles. The summed E-state index contributed by atoms with van der Waals surface area (Å²) in [4.78, 5) is 24.4. The van der Waals surface area contributed by atoms with Crippen LogP contribution in [-0.4, -0.2) is 52.6 Å². The number of allylic oxidation sites excluding steroid dienone is 2. The van der Waals surface area contributed by atoms with Crippen molar-refractivity contribution in [2.24, 2.45) is 0 Å². The molecule has 6 nitrogen and oxygen atoms in total. The molecule has 7 heteroatoms. The van der Waals surface area contributed by atoms with Crippen molar-refractivity contribution in [3.8, 4) is 17.1 Å². The van der Waals surface area contributed by atoms with Gasteiger partial charge in [-0.05, 0) is 24.6 Å². The van der Waals surface area contributed by atoms with Crippen molar-refractivity contribution in [3.05, 3.63) is 45.9 Å². The average Bonchev–Trinajstić information content (AvgIpc) is 2.93. The molecule has 1 amide bonds. The maximum Gasteiger partial charge on any atom is 0.209 e. The van der Waals surface area contributed by atoms with Gasteiger partial charge in [-0.1, -0.05) is 35.9 Å². The van der Waals surface area contributed by atoms with E-state index in [1.54, 1.807) is 23.1 Å². The number of nitrogens with zero attached hydrogens (tertiary/aromatic N) is 4. The maximum absolute atomic E-state index is 11.0. The van der Waals surface area contributed by atoms with Gasteiger partial charge < -0.3 is 14.9 Å². The van der Waals surface area contributed by atoms with E-state index in [2.05, 4.69) is 16.0 Å².